The van der Waals surface area contributed by atoms with Crippen molar-refractivity contribution in [3.63, 3.8) is 0 Å². The third kappa shape index (κ3) is 53.5. The molecular formula is C62H106O6. The van der Waals surface area contributed by atoms with Gasteiger partial charge < -0.3 is 14.2 Å². The highest BCUT2D eigenvalue weighted by Crippen LogP contribution is 2.15. The summed E-state index contributed by atoms with van der Waals surface area (Å²) < 4.78 is 16.8. The number of unbranched alkanes of at least 4 members (excludes halogenated alkanes) is 26. The van der Waals surface area contributed by atoms with Crippen LogP contribution < -0.4 is 0 Å². The van der Waals surface area contributed by atoms with Crippen molar-refractivity contribution < 1.29 is 28.6 Å². The van der Waals surface area contributed by atoms with Crippen LogP contribution in [0.4, 0.5) is 0 Å². The van der Waals surface area contributed by atoms with Crippen molar-refractivity contribution in [2.24, 2.45) is 0 Å². The molecule has 0 bridgehead atoms. The second-order valence-corrected chi connectivity index (χ2v) is 18.8. The lowest BCUT2D eigenvalue weighted by molar-refractivity contribution is -0.167. The summed E-state index contributed by atoms with van der Waals surface area (Å²) in [6.07, 6.45) is 73.0. The highest BCUT2D eigenvalue weighted by atomic mass is 16.6. The summed E-state index contributed by atoms with van der Waals surface area (Å²) in [6, 6.07) is 0. The molecule has 68 heavy (non-hydrogen) atoms. The van der Waals surface area contributed by atoms with Gasteiger partial charge in [-0.3, -0.25) is 14.4 Å². The molecule has 1 unspecified atom stereocenters. The van der Waals surface area contributed by atoms with Gasteiger partial charge in [0.05, 0.1) is 0 Å². The fourth-order valence-electron chi connectivity index (χ4n) is 7.86. The Morgan fingerprint density at radius 1 is 0.309 bits per heavy atom. The number of esters is 3. The van der Waals surface area contributed by atoms with Gasteiger partial charge in [-0.2, -0.15) is 0 Å². The molecule has 390 valence electrons. The maximum atomic E-state index is 12.8. The first-order chi connectivity index (χ1) is 33.5. The van der Waals surface area contributed by atoms with Gasteiger partial charge in [-0.1, -0.05) is 247 Å². The molecule has 0 saturated carbocycles. The molecule has 0 aromatic rings. The van der Waals surface area contributed by atoms with E-state index in [1.165, 1.54) is 141 Å². The molecule has 0 radical (unpaired) electrons. The smallest absolute Gasteiger partial charge is 0.306 e. The minimum absolute atomic E-state index is 0.0980. The maximum Gasteiger partial charge on any atom is 0.306 e. The van der Waals surface area contributed by atoms with Crippen molar-refractivity contribution in [3.05, 3.63) is 85.1 Å². The van der Waals surface area contributed by atoms with Crippen molar-refractivity contribution in [1.29, 1.82) is 0 Å². The molecule has 1 atom stereocenters. The van der Waals surface area contributed by atoms with Gasteiger partial charge in [0, 0.05) is 19.3 Å². The Labute approximate surface area is 420 Å². The first kappa shape index (κ1) is 64.6. The van der Waals surface area contributed by atoms with E-state index in [2.05, 4.69) is 106 Å². The molecule has 6 heteroatoms. The molecule has 0 N–H and O–H groups in total. The number of hydrogen-bond donors (Lipinski definition) is 0. The van der Waals surface area contributed by atoms with Crippen LogP contribution in [0.1, 0.15) is 271 Å². The SMILES string of the molecule is CC/C=C\C/C=C\C/C=C\C/C=C\C/C=C\CCCC(=O)OC(COC(=O)CCCCCCCCCCCC)COC(=O)CCCCCCCCCCCCC/C=C\C/C=C\CCCCCCC. The van der Waals surface area contributed by atoms with Crippen LogP contribution in [0.25, 0.3) is 0 Å². The van der Waals surface area contributed by atoms with Gasteiger partial charge in [0.1, 0.15) is 13.2 Å². The summed E-state index contributed by atoms with van der Waals surface area (Å²) in [5, 5.41) is 0. The lowest BCUT2D eigenvalue weighted by atomic mass is 10.0. The van der Waals surface area contributed by atoms with E-state index in [-0.39, 0.29) is 37.5 Å². The highest BCUT2D eigenvalue weighted by molar-refractivity contribution is 5.71. The molecule has 0 amide bonds. The first-order valence-corrected chi connectivity index (χ1v) is 28.6. The summed E-state index contributed by atoms with van der Waals surface area (Å²) in [5.41, 5.74) is 0. The quantitative estimate of drug-likeness (QED) is 0.0262. The second kappa shape index (κ2) is 56.2. The average Bonchev–Trinajstić information content (AvgIpc) is 3.34. The van der Waals surface area contributed by atoms with E-state index in [9.17, 15) is 14.4 Å². The van der Waals surface area contributed by atoms with Crippen molar-refractivity contribution >= 4 is 17.9 Å². The molecular weight excluding hydrogens is 841 g/mol. The van der Waals surface area contributed by atoms with E-state index in [0.29, 0.717) is 19.3 Å². The Kier molecular flexibility index (Phi) is 53.4. The molecule has 0 aromatic carbocycles. The Hall–Kier alpha value is -3.41. The molecule has 0 heterocycles. The van der Waals surface area contributed by atoms with E-state index in [1.807, 2.05) is 0 Å². The van der Waals surface area contributed by atoms with E-state index in [1.54, 1.807) is 0 Å². The van der Waals surface area contributed by atoms with Crippen LogP contribution in [0.2, 0.25) is 0 Å². The number of ether oxygens (including phenoxy) is 3. The normalized spacial score (nSPS) is 12.7. The predicted octanol–water partition coefficient (Wildman–Crippen LogP) is 19.2. The zero-order valence-corrected chi connectivity index (χ0v) is 44.6. The number of allylic oxidation sites excluding steroid dienone is 14. The topological polar surface area (TPSA) is 78.9 Å². The molecule has 0 spiro atoms. The van der Waals surface area contributed by atoms with Gasteiger partial charge in [-0.15, -0.1) is 0 Å². The van der Waals surface area contributed by atoms with Crippen molar-refractivity contribution in [1.82, 2.24) is 0 Å². The van der Waals surface area contributed by atoms with Crippen molar-refractivity contribution in [2.75, 3.05) is 13.2 Å². The molecule has 0 saturated heterocycles. The second-order valence-electron chi connectivity index (χ2n) is 18.8. The molecule has 0 aliphatic rings. The lowest BCUT2D eigenvalue weighted by Crippen LogP contribution is -2.30. The minimum Gasteiger partial charge on any atom is -0.462 e. The summed E-state index contributed by atoms with van der Waals surface area (Å²) in [5.74, 6) is -0.956. The average molecular weight is 948 g/mol. The summed E-state index contributed by atoms with van der Waals surface area (Å²) in [7, 11) is 0. The third-order valence-electron chi connectivity index (χ3n) is 12.1. The van der Waals surface area contributed by atoms with E-state index >= 15 is 0 Å². The molecule has 0 fully saturated rings. The van der Waals surface area contributed by atoms with Gasteiger partial charge >= 0.3 is 17.9 Å². The largest absolute Gasteiger partial charge is 0.462 e. The van der Waals surface area contributed by atoms with E-state index < -0.39 is 6.10 Å². The summed E-state index contributed by atoms with van der Waals surface area (Å²) in [4.78, 5) is 38.0. The number of hydrogen-bond acceptors (Lipinski definition) is 6. The number of carbonyl (C=O) groups is 3. The molecule has 0 aliphatic carbocycles. The van der Waals surface area contributed by atoms with Crippen molar-refractivity contribution in [2.45, 2.75) is 277 Å². The Morgan fingerprint density at radius 2 is 0.588 bits per heavy atom. The molecule has 0 aromatic heterocycles. The van der Waals surface area contributed by atoms with Crippen LogP contribution in [0, 0.1) is 0 Å². The van der Waals surface area contributed by atoms with Crippen LogP contribution in [0.5, 0.6) is 0 Å². The summed E-state index contributed by atoms with van der Waals surface area (Å²) >= 11 is 0. The van der Waals surface area contributed by atoms with Gasteiger partial charge in [-0.25, -0.2) is 0 Å². The fraction of sp³-hybridized carbons (Fsp3) is 0.726. The Morgan fingerprint density at radius 3 is 0.941 bits per heavy atom. The van der Waals surface area contributed by atoms with Crippen LogP contribution in [0.15, 0.2) is 85.1 Å². The first-order valence-electron chi connectivity index (χ1n) is 28.6. The predicted molar refractivity (Wildman–Crippen MR) is 293 cm³/mol. The molecule has 0 aliphatic heterocycles. The third-order valence-corrected chi connectivity index (χ3v) is 12.1. The van der Waals surface area contributed by atoms with Crippen LogP contribution >= 0.6 is 0 Å². The molecule has 0 rings (SSSR count). The van der Waals surface area contributed by atoms with Crippen molar-refractivity contribution in [3.8, 4) is 0 Å². The lowest BCUT2D eigenvalue weighted by Gasteiger charge is -2.18. The van der Waals surface area contributed by atoms with Gasteiger partial charge in [0.15, 0.2) is 6.10 Å². The Balaban J connectivity index is 4.35. The standard InChI is InChI=1S/C62H106O6/c1-4-7-10-13-16-19-22-24-26-28-29-30-31-32-33-35-36-38-40-43-46-49-52-55-61(64)67-58-59(57-66-60(63)54-51-48-45-42-21-18-15-12-9-6-3)68-62(65)56-53-50-47-44-41-39-37-34-27-25-23-20-17-14-11-8-5-2/h8,11,17,20,22,24-25,27-29,37,39,44,47,59H,4-7,9-10,12-16,18-19,21,23,26,30-36,38,40-43,45-46,48-58H2,1-3H3/b11-8-,20-17-,24-22-,27-25-,29-28-,39-37-,47-44-. The van der Waals surface area contributed by atoms with Crippen LogP contribution in [0.3, 0.4) is 0 Å². The monoisotopic (exact) mass is 947 g/mol. The van der Waals surface area contributed by atoms with E-state index in [0.717, 1.165) is 83.5 Å². The minimum atomic E-state index is -0.805. The van der Waals surface area contributed by atoms with Gasteiger partial charge in [-0.05, 0) is 89.9 Å². The van der Waals surface area contributed by atoms with Crippen LogP contribution in [-0.2, 0) is 28.6 Å². The maximum absolute atomic E-state index is 12.8. The zero-order valence-electron chi connectivity index (χ0n) is 44.6. The summed E-state index contributed by atoms with van der Waals surface area (Å²) in [6.45, 7) is 6.46. The van der Waals surface area contributed by atoms with Gasteiger partial charge in [0.25, 0.3) is 0 Å². The Bertz CT molecular complexity index is 1320. The van der Waals surface area contributed by atoms with E-state index in [4.69, 9.17) is 14.2 Å². The highest BCUT2D eigenvalue weighted by Gasteiger charge is 2.19. The zero-order chi connectivity index (χ0) is 49.3. The molecule has 6 nitrogen and oxygen atoms in total. The van der Waals surface area contributed by atoms with Crippen LogP contribution in [-0.4, -0.2) is 37.2 Å². The van der Waals surface area contributed by atoms with Gasteiger partial charge in [0.2, 0.25) is 0 Å². The number of rotatable bonds is 51. The number of carbonyl (C=O) groups excluding carboxylic acids is 3. The fourth-order valence-corrected chi connectivity index (χ4v) is 7.86.